The molecule has 12 heteroatoms. The van der Waals surface area contributed by atoms with Crippen LogP contribution in [0.25, 0.3) is 0 Å². The van der Waals surface area contributed by atoms with Gasteiger partial charge in [0, 0.05) is 19.3 Å². The largest absolute Gasteiger partial charge is 0.471 e. The highest BCUT2D eigenvalue weighted by atomic mass is 16.8. The smallest absolute Gasteiger partial charge is 0.337 e. The fourth-order valence-corrected chi connectivity index (χ4v) is 4.63. The van der Waals surface area contributed by atoms with Gasteiger partial charge in [-0.2, -0.15) is 0 Å². The van der Waals surface area contributed by atoms with E-state index in [1.165, 1.54) is 14.0 Å². The van der Waals surface area contributed by atoms with Gasteiger partial charge in [-0.25, -0.2) is 4.79 Å². The molecular weight excluding hydrogens is 420 g/mol. The van der Waals surface area contributed by atoms with E-state index in [0.29, 0.717) is 0 Å². The number of aliphatic hydroxyl groups is 5. The maximum atomic E-state index is 12.2. The number of carbonyl (C=O) groups is 2. The SMILES string of the molecule is COC(=O)C1=CO[C@H](O[C@H]2O[C@H](CO)[C@@H](O)[C@@H](O)[C@H]2O)[C@@H]2[C@@H]1[C@@H](O)C[C@@]2(C)OC(C)=O. The van der Waals surface area contributed by atoms with Gasteiger partial charge < -0.3 is 49.2 Å². The first kappa shape index (κ1) is 23.9. The van der Waals surface area contributed by atoms with Crippen molar-refractivity contribution in [2.45, 2.75) is 69.0 Å². The molecule has 5 N–H and O–H groups in total. The molecule has 0 bridgehead atoms. The Labute approximate surface area is 177 Å². The van der Waals surface area contributed by atoms with Gasteiger partial charge in [-0.15, -0.1) is 0 Å². The lowest BCUT2D eigenvalue weighted by atomic mass is 9.80. The van der Waals surface area contributed by atoms with Gasteiger partial charge >= 0.3 is 11.9 Å². The summed E-state index contributed by atoms with van der Waals surface area (Å²) in [6.45, 7) is 2.09. The van der Waals surface area contributed by atoms with E-state index in [2.05, 4.69) is 0 Å². The summed E-state index contributed by atoms with van der Waals surface area (Å²) in [4.78, 5) is 23.9. The van der Waals surface area contributed by atoms with E-state index in [1.54, 1.807) is 6.92 Å². The molecule has 2 heterocycles. The third-order valence-electron chi connectivity index (χ3n) is 6.02. The summed E-state index contributed by atoms with van der Waals surface area (Å²) in [6.07, 6.45) is -9.07. The van der Waals surface area contributed by atoms with Gasteiger partial charge in [0.1, 0.15) is 30.0 Å². The van der Waals surface area contributed by atoms with Crippen LogP contribution in [0.5, 0.6) is 0 Å². The van der Waals surface area contributed by atoms with Crippen molar-refractivity contribution in [2.24, 2.45) is 11.8 Å². The lowest BCUT2D eigenvalue weighted by Gasteiger charge is -2.44. The van der Waals surface area contributed by atoms with E-state index in [-0.39, 0.29) is 12.0 Å². The zero-order chi connectivity index (χ0) is 23.1. The van der Waals surface area contributed by atoms with E-state index < -0.39 is 79.1 Å². The number of carbonyl (C=O) groups excluding carboxylic acids is 2. The molecule has 12 nitrogen and oxygen atoms in total. The highest BCUT2D eigenvalue weighted by molar-refractivity contribution is 5.89. The van der Waals surface area contributed by atoms with Crippen molar-refractivity contribution in [2.75, 3.05) is 13.7 Å². The van der Waals surface area contributed by atoms with Crippen molar-refractivity contribution < 1.29 is 58.8 Å². The topological polar surface area (TPSA) is 181 Å². The molecule has 0 unspecified atom stereocenters. The van der Waals surface area contributed by atoms with Crippen LogP contribution in [-0.2, 0) is 33.3 Å². The molecular formula is C19H28O12. The Morgan fingerprint density at radius 2 is 1.84 bits per heavy atom. The minimum Gasteiger partial charge on any atom is -0.471 e. The molecule has 2 fully saturated rings. The summed E-state index contributed by atoms with van der Waals surface area (Å²) < 4.78 is 26.8. The van der Waals surface area contributed by atoms with Crippen LogP contribution in [0.15, 0.2) is 11.8 Å². The van der Waals surface area contributed by atoms with E-state index in [0.717, 1.165) is 6.26 Å². The van der Waals surface area contributed by atoms with Crippen molar-refractivity contribution in [1.82, 2.24) is 0 Å². The Bertz CT molecular complexity index is 723. The maximum Gasteiger partial charge on any atom is 0.337 e. The van der Waals surface area contributed by atoms with E-state index in [4.69, 9.17) is 23.7 Å². The van der Waals surface area contributed by atoms with Crippen molar-refractivity contribution in [1.29, 1.82) is 0 Å². The van der Waals surface area contributed by atoms with Crippen molar-refractivity contribution in [3.05, 3.63) is 11.8 Å². The van der Waals surface area contributed by atoms with Crippen molar-refractivity contribution in [3.8, 4) is 0 Å². The molecule has 2 aliphatic heterocycles. The van der Waals surface area contributed by atoms with Crippen LogP contribution in [0.3, 0.4) is 0 Å². The zero-order valence-electron chi connectivity index (χ0n) is 17.3. The quantitative estimate of drug-likeness (QED) is 0.280. The van der Waals surface area contributed by atoms with Crippen molar-refractivity contribution >= 4 is 11.9 Å². The first-order valence-electron chi connectivity index (χ1n) is 9.81. The van der Waals surface area contributed by atoms with Crippen LogP contribution >= 0.6 is 0 Å². The predicted octanol–water partition coefficient (Wildman–Crippen LogP) is -2.47. The van der Waals surface area contributed by atoms with Gasteiger partial charge in [-0.1, -0.05) is 0 Å². The zero-order valence-corrected chi connectivity index (χ0v) is 17.3. The summed E-state index contributed by atoms with van der Waals surface area (Å²) in [7, 11) is 1.17. The Balaban J connectivity index is 1.93. The molecule has 10 atom stereocenters. The standard InChI is InChI=1S/C19H28O12/c1-7(21)31-19(2)4-9(22)11-8(16(26)27-3)6-28-17(12(11)19)30-18-15(25)14(24)13(23)10(5-20)29-18/h6,9-15,17-18,20,22-25H,4-5H2,1-3H3/t9-,10+,11-,12-,13+,14+,15+,17+,18+,19+/m0/s1. The van der Waals surface area contributed by atoms with E-state index in [9.17, 15) is 35.1 Å². The van der Waals surface area contributed by atoms with Gasteiger partial charge in [-0.3, -0.25) is 4.79 Å². The number of aliphatic hydroxyl groups excluding tert-OH is 5. The van der Waals surface area contributed by atoms with Crippen LogP contribution in [0, 0.1) is 11.8 Å². The maximum absolute atomic E-state index is 12.2. The van der Waals surface area contributed by atoms with Gasteiger partial charge in [-0.05, 0) is 6.92 Å². The van der Waals surface area contributed by atoms with Crippen LogP contribution in [0.2, 0.25) is 0 Å². The van der Waals surface area contributed by atoms with Crippen LogP contribution in [-0.4, -0.2) is 99.9 Å². The fraction of sp³-hybridized carbons (Fsp3) is 0.789. The molecule has 0 aromatic rings. The second-order valence-electron chi connectivity index (χ2n) is 8.13. The number of methoxy groups -OCH3 is 1. The summed E-state index contributed by atoms with van der Waals surface area (Å²) in [6, 6.07) is 0. The molecule has 1 saturated carbocycles. The average Bonchev–Trinajstić information content (AvgIpc) is 2.98. The van der Waals surface area contributed by atoms with E-state index in [1.807, 2.05) is 0 Å². The molecule has 31 heavy (non-hydrogen) atoms. The van der Waals surface area contributed by atoms with Crippen LogP contribution in [0.1, 0.15) is 20.3 Å². The normalized spacial score (nSPS) is 44.6. The fourth-order valence-electron chi connectivity index (χ4n) is 4.63. The van der Waals surface area contributed by atoms with Gasteiger partial charge in [0.25, 0.3) is 0 Å². The number of hydrogen-bond acceptors (Lipinski definition) is 12. The van der Waals surface area contributed by atoms with Crippen molar-refractivity contribution in [3.63, 3.8) is 0 Å². The Kier molecular flexibility index (Phi) is 6.91. The number of fused-ring (bicyclic) bond motifs is 1. The monoisotopic (exact) mass is 448 g/mol. The number of esters is 2. The number of rotatable bonds is 5. The number of ether oxygens (including phenoxy) is 5. The number of hydrogen-bond donors (Lipinski definition) is 5. The van der Waals surface area contributed by atoms with Gasteiger partial charge in [0.15, 0.2) is 6.29 Å². The molecule has 0 spiro atoms. The molecule has 0 aromatic heterocycles. The Morgan fingerprint density at radius 3 is 2.42 bits per heavy atom. The molecule has 176 valence electrons. The molecule has 0 amide bonds. The first-order valence-corrected chi connectivity index (χ1v) is 9.81. The molecule has 0 aromatic carbocycles. The van der Waals surface area contributed by atoms with Crippen LogP contribution < -0.4 is 0 Å². The summed E-state index contributed by atoms with van der Waals surface area (Å²) in [5.74, 6) is -3.18. The minimum absolute atomic E-state index is 0.0181. The van der Waals surface area contributed by atoms with Gasteiger partial charge in [0.2, 0.25) is 6.29 Å². The molecule has 3 aliphatic rings. The summed E-state index contributed by atoms with van der Waals surface area (Å²) in [5.41, 5.74) is -1.30. The lowest BCUT2D eigenvalue weighted by molar-refractivity contribution is -0.346. The Hall–Kier alpha value is -1.80. The average molecular weight is 448 g/mol. The summed E-state index contributed by atoms with van der Waals surface area (Å²) >= 11 is 0. The highest BCUT2D eigenvalue weighted by Gasteiger charge is 2.61. The lowest BCUT2D eigenvalue weighted by Crippen LogP contribution is -2.61. The van der Waals surface area contributed by atoms with E-state index >= 15 is 0 Å². The second-order valence-corrected chi connectivity index (χ2v) is 8.13. The molecule has 3 rings (SSSR count). The van der Waals surface area contributed by atoms with Gasteiger partial charge in [0.05, 0.1) is 37.6 Å². The molecule has 1 aliphatic carbocycles. The van der Waals surface area contributed by atoms with Crippen LogP contribution in [0.4, 0.5) is 0 Å². The minimum atomic E-state index is -1.70. The third kappa shape index (κ3) is 4.29. The first-order chi connectivity index (χ1) is 14.5. The Morgan fingerprint density at radius 1 is 1.16 bits per heavy atom. The third-order valence-corrected chi connectivity index (χ3v) is 6.02. The highest BCUT2D eigenvalue weighted by Crippen LogP contribution is 2.51. The predicted molar refractivity (Wildman–Crippen MR) is 97.6 cm³/mol. The summed E-state index contributed by atoms with van der Waals surface area (Å²) in [5, 5.41) is 50.3. The second kappa shape index (κ2) is 8.98. The molecule has 0 radical (unpaired) electrons. The molecule has 1 saturated heterocycles.